The van der Waals surface area contributed by atoms with Crippen LogP contribution in [0.3, 0.4) is 0 Å². The Bertz CT molecular complexity index is 985. The highest BCUT2D eigenvalue weighted by atomic mass is 28.3. The molecular formula is C23H33N3O2Si. The molecule has 0 aliphatic rings. The second kappa shape index (κ2) is 8.67. The highest BCUT2D eigenvalue weighted by Gasteiger charge is 2.19. The molecular weight excluding hydrogens is 378 g/mol. The van der Waals surface area contributed by atoms with Crippen LogP contribution >= 0.6 is 0 Å². The number of hydrogen-bond acceptors (Lipinski definition) is 4. The zero-order valence-electron chi connectivity index (χ0n) is 18.8. The summed E-state index contributed by atoms with van der Waals surface area (Å²) in [5.74, 6) is 0.614. The number of aryl methyl sites for hydroxylation is 3. The van der Waals surface area contributed by atoms with Gasteiger partial charge in [-0.2, -0.15) is 4.98 Å². The van der Waals surface area contributed by atoms with E-state index in [-0.39, 0.29) is 0 Å². The minimum absolute atomic E-state index is 0.490. The number of nitrogens with zero attached hydrogens (tertiary/aromatic N) is 3. The van der Waals surface area contributed by atoms with Gasteiger partial charge in [0.2, 0.25) is 5.88 Å². The van der Waals surface area contributed by atoms with Gasteiger partial charge in [-0.1, -0.05) is 37.8 Å². The number of rotatable bonds is 8. The van der Waals surface area contributed by atoms with Crippen molar-refractivity contribution in [1.29, 1.82) is 0 Å². The van der Waals surface area contributed by atoms with Crippen molar-refractivity contribution >= 4 is 19.1 Å². The fourth-order valence-electron chi connectivity index (χ4n) is 3.44. The second-order valence-electron chi connectivity index (χ2n) is 9.02. The van der Waals surface area contributed by atoms with Crippen LogP contribution in [0.15, 0.2) is 24.5 Å². The molecule has 1 aromatic carbocycles. The molecule has 0 saturated carbocycles. The Hall–Kier alpha value is -2.18. The van der Waals surface area contributed by atoms with E-state index in [2.05, 4.69) is 80.1 Å². The number of benzene rings is 1. The molecule has 0 atom stereocenters. The molecule has 0 amide bonds. The lowest BCUT2D eigenvalue weighted by Gasteiger charge is -2.17. The van der Waals surface area contributed by atoms with Crippen LogP contribution in [0.1, 0.15) is 27.9 Å². The van der Waals surface area contributed by atoms with E-state index in [1.54, 1.807) is 6.33 Å². The molecule has 2 heterocycles. The minimum Gasteiger partial charge on any atom is -0.471 e. The van der Waals surface area contributed by atoms with Crippen molar-refractivity contribution in [2.45, 2.75) is 66.7 Å². The van der Waals surface area contributed by atoms with Crippen molar-refractivity contribution in [1.82, 2.24) is 14.5 Å². The molecule has 0 radical (unpaired) electrons. The van der Waals surface area contributed by atoms with E-state index in [1.165, 1.54) is 16.7 Å². The molecule has 0 bridgehead atoms. The number of hydrogen-bond donors (Lipinski definition) is 0. The molecule has 0 N–H and O–H groups in total. The fraction of sp³-hybridized carbons (Fsp3) is 0.478. The highest BCUT2D eigenvalue weighted by molar-refractivity contribution is 6.76. The van der Waals surface area contributed by atoms with E-state index < -0.39 is 8.07 Å². The Kier molecular flexibility index (Phi) is 6.44. The van der Waals surface area contributed by atoms with Gasteiger partial charge in [0.25, 0.3) is 0 Å². The smallest absolute Gasteiger partial charge is 0.242 e. The molecule has 5 nitrogen and oxygen atoms in total. The first-order valence-electron chi connectivity index (χ1n) is 10.2. The third-order valence-electron chi connectivity index (χ3n) is 5.58. The van der Waals surface area contributed by atoms with Crippen LogP contribution in [0.5, 0.6) is 5.88 Å². The summed E-state index contributed by atoms with van der Waals surface area (Å²) < 4.78 is 14.4. The molecule has 3 rings (SSSR count). The van der Waals surface area contributed by atoms with Crippen LogP contribution in [0.4, 0.5) is 0 Å². The van der Waals surface area contributed by atoms with Gasteiger partial charge in [0.1, 0.15) is 25.2 Å². The normalized spacial score (nSPS) is 12.0. The van der Waals surface area contributed by atoms with Gasteiger partial charge in [-0.15, -0.1) is 0 Å². The van der Waals surface area contributed by atoms with Crippen LogP contribution < -0.4 is 4.74 Å². The van der Waals surface area contributed by atoms with Crippen LogP contribution in [0, 0.1) is 27.7 Å². The van der Waals surface area contributed by atoms with E-state index in [0.717, 1.165) is 34.9 Å². The van der Waals surface area contributed by atoms with E-state index in [9.17, 15) is 0 Å². The molecule has 0 saturated heterocycles. The average molecular weight is 412 g/mol. The SMILES string of the molecule is Cc1cccc(C)c1COc1ncnc2c(C)c(C)n(COCC[Si](C)(C)C)c12. The standard InChI is InChI=1S/C23H33N3O2Si/c1-16-9-8-10-17(2)20(16)13-28-23-22-21(24-14-25-23)18(3)19(4)26(22)15-27-11-12-29(5,6)7/h8-10,14H,11-13,15H2,1-7H3. The van der Waals surface area contributed by atoms with Gasteiger partial charge >= 0.3 is 0 Å². The summed E-state index contributed by atoms with van der Waals surface area (Å²) in [6, 6.07) is 7.46. The predicted octanol–water partition coefficient (Wildman–Crippen LogP) is 5.56. The number of aromatic nitrogens is 3. The zero-order chi connectivity index (χ0) is 21.2. The first kappa shape index (κ1) is 21.5. The summed E-state index contributed by atoms with van der Waals surface area (Å²) in [4.78, 5) is 8.98. The van der Waals surface area contributed by atoms with E-state index in [0.29, 0.717) is 19.2 Å². The van der Waals surface area contributed by atoms with Crippen molar-refractivity contribution < 1.29 is 9.47 Å². The summed E-state index contributed by atoms with van der Waals surface area (Å²) >= 11 is 0. The molecule has 0 unspecified atom stereocenters. The molecule has 3 aromatic rings. The predicted molar refractivity (Wildman–Crippen MR) is 121 cm³/mol. The maximum atomic E-state index is 6.22. The van der Waals surface area contributed by atoms with Crippen molar-refractivity contribution in [3.05, 3.63) is 52.5 Å². The Balaban J connectivity index is 1.87. The first-order chi connectivity index (χ1) is 13.7. The minimum atomic E-state index is -1.11. The van der Waals surface area contributed by atoms with Gasteiger partial charge < -0.3 is 14.0 Å². The van der Waals surface area contributed by atoms with Gasteiger partial charge in [-0.3, -0.25) is 0 Å². The van der Waals surface area contributed by atoms with E-state index in [1.807, 2.05) is 0 Å². The molecule has 0 spiro atoms. The molecule has 29 heavy (non-hydrogen) atoms. The maximum absolute atomic E-state index is 6.22. The van der Waals surface area contributed by atoms with Gasteiger partial charge in [-0.05, 0) is 56.0 Å². The van der Waals surface area contributed by atoms with E-state index >= 15 is 0 Å². The third kappa shape index (κ3) is 4.87. The van der Waals surface area contributed by atoms with Crippen molar-refractivity contribution in [2.75, 3.05) is 6.61 Å². The molecule has 6 heteroatoms. The van der Waals surface area contributed by atoms with Gasteiger partial charge in [0.05, 0.1) is 5.52 Å². The quantitative estimate of drug-likeness (QED) is 0.360. The maximum Gasteiger partial charge on any atom is 0.242 e. The first-order valence-corrected chi connectivity index (χ1v) is 14.0. The summed E-state index contributed by atoms with van der Waals surface area (Å²) in [5.41, 5.74) is 7.81. The van der Waals surface area contributed by atoms with Gasteiger partial charge in [0, 0.05) is 20.4 Å². The lowest BCUT2D eigenvalue weighted by atomic mass is 10.0. The largest absolute Gasteiger partial charge is 0.471 e. The summed E-state index contributed by atoms with van der Waals surface area (Å²) in [5, 5.41) is 0. The van der Waals surface area contributed by atoms with Gasteiger partial charge in [-0.25, -0.2) is 4.98 Å². The Labute approximate surface area is 175 Å². The Morgan fingerprint density at radius 1 is 1.00 bits per heavy atom. The Morgan fingerprint density at radius 3 is 2.34 bits per heavy atom. The second-order valence-corrected chi connectivity index (χ2v) is 14.6. The number of fused-ring (bicyclic) bond motifs is 1. The molecule has 2 aromatic heterocycles. The van der Waals surface area contributed by atoms with Crippen molar-refractivity contribution in [3.63, 3.8) is 0 Å². The van der Waals surface area contributed by atoms with Gasteiger partial charge in [0.15, 0.2) is 0 Å². The lowest BCUT2D eigenvalue weighted by Crippen LogP contribution is -2.22. The average Bonchev–Trinajstić information content (AvgIpc) is 2.89. The van der Waals surface area contributed by atoms with Crippen LogP contribution in [0.2, 0.25) is 25.7 Å². The lowest BCUT2D eigenvalue weighted by molar-refractivity contribution is 0.0884. The van der Waals surface area contributed by atoms with E-state index in [4.69, 9.17) is 9.47 Å². The monoisotopic (exact) mass is 411 g/mol. The summed E-state index contributed by atoms with van der Waals surface area (Å²) in [7, 11) is -1.11. The molecule has 0 fully saturated rings. The van der Waals surface area contributed by atoms with Crippen LogP contribution in [-0.2, 0) is 18.1 Å². The summed E-state index contributed by atoms with van der Waals surface area (Å²) in [6.07, 6.45) is 1.59. The molecule has 0 aliphatic heterocycles. The topological polar surface area (TPSA) is 49.2 Å². The molecule has 0 aliphatic carbocycles. The van der Waals surface area contributed by atoms with Crippen molar-refractivity contribution in [3.8, 4) is 5.88 Å². The Morgan fingerprint density at radius 2 is 1.69 bits per heavy atom. The third-order valence-corrected chi connectivity index (χ3v) is 7.28. The molecule has 156 valence electrons. The zero-order valence-corrected chi connectivity index (χ0v) is 19.8. The number of ether oxygens (including phenoxy) is 2. The van der Waals surface area contributed by atoms with Crippen LogP contribution in [-0.4, -0.2) is 29.2 Å². The van der Waals surface area contributed by atoms with Crippen LogP contribution in [0.25, 0.3) is 11.0 Å². The summed E-state index contributed by atoms with van der Waals surface area (Å²) in [6.45, 7) is 17.3. The fourth-order valence-corrected chi connectivity index (χ4v) is 4.20. The van der Waals surface area contributed by atoms with Crippen molar-refractivity contribution in [2.24, 2.45) is 0 Å². The highest BCUT2D eigenvalue weighted by Crippen LogP contribution is 2.30.